The topological polar surface area (TPSA) is 24.9 Å². The second kappa shape index (κ2) is 4.15. The number of nitrogens with one attached hydrogen (secondary N) is 1. The summed E-state index contributed by atoms with van der Waals surface area (Å²) in [6, 6.07) is 6.44. The van der Waals surface area contributed by atoms with Gasteiger partial charge in [-0.25, -0.2) is 4.98 Å². The lowest BCUT2D eigenvalue weighted by molar-refractivity contribution is 0.579. The first-order valence-electron chi connectivity index (χ1n) is 5.88. The summed E-state index contributed by atoms with van der Waals surface area (Å²) in [6.45, 7) is 4.48. The van der Waals surface area contributed by atoms with Gasteiger partial charge in [0, 0.05) is 6.42 Å². The van der Waals surface area contributed by atoms with E-state index in [1.165, 1.54) is 33.8 Å². The highest BCUT2D eigenvalue weighted by atomic mass is 32.1. The summed E-state index contributed by atoms with van der Waals surface area (Å²) in [5, 5.41) is 4.72. The van der Waals surface area contributed by atoms with Gasteiger partial charge in [-0.1, -0.05) is 12.1 Å². The Labute approximate surface area is 99.7 Å². The van der Waals surface area contributed by atoms with E-state index in [-0.39, 0.29) is 0 Å². The van der Waals surface area contributed by atoms with Crippen LogP contribution < -0.4 is 5.32 Å². The molecule has 1 fully saturated rings. The Morgan fingerprint density at radius 3 is 3.19 bits per heavy atom. The van der Waals surface area contributed by atoms with E-state index in [9.17, 15) is 0 Å². The zero-order chi connectivity index (χ0) is 11.0. The molecule has 1 saturated heterocycles. The fourth-order valence-corrected chi connectivity index (χ4v) is 3.51. The van der Waals surface area contributed by atoms with Crippen molar-refractivity contribution >= 4 is 21.6 Å². The molecular weight excluding hydrogens is 216 g/mol. The Hall–Kier alpha value is -0.930. The van der Waals surface area contributed by atoms with E-state index < -0.39 is 0 Å². The van der Waals surface area contributed by atoms with Crippen LogP contribution >= 0.6 is 11.3 Å². The lowest BCUT2D eigenvalue weighted by atomic mass is 10.1. The van der Waals surface area contributed by atoms with E-state index in [2.05, 4.69) is 30.4 Å². The number of nitrogens with zero attached hydrogens (tertiary/aromatic N) is 1. The molecule has 2 nitrogen and oxygen atoms in total. The van der Waals surface area contributed by atoms with Gasteiger partial charge in [0.15, 0.2) is 0 Å². The Morgan fingerprint density at radius 1 is 1.50 bits per heavy atom. The van der Waals surface area contributed by atoms with Crippen LogP contribution in [0.15, 0.2) is 18.2 Å². The third-order valence-corrected chi connectivity index (χ3v) is 4.33. The highest BCUT2D eigenvalue weighted by Crippen LogP contribution is 2.27. The minimum atomic E-state index is 0.792. The standard InChI is InChI=1S/C13H16N2S/c1-9-3-2-4-11-13(9)15-12(16-11)7-10-5-6-14-8-10/h2-4,10,14H,5-8H2,1H3. The van der Waals surface area contributed by atoms with Gasteiger partial charge in [-0.3, -0.25) is 0 Å². The molecule has 0 amide bonds. The summed E-state index contributed by atoms with van der Waals surface area (Å²) in [4.78, 5) is 4.77. The average molecular weight is 232 g/mol. The molecule has 1 aliphatic rings. The highest BCUT2D eigenvalue weighted by Gasteiger charge is 2.17. The van der Waals surface area contributed by atoms with Crippen molar-refractivity contribution in [2.75, 3.05) is 13.1 Å². The van der Waals surface area contributed by atoms with E-state index in [0.717, 1.165) is 18.9 Å². The van der Waals surface area contributed by atoms with Crippen molar-refractivity contribution in [2.24, 2.45) is 5.92 Å². The second-order valence-electron chi connectivity index (χ2n) is 4.59. The molecule has 16 heavy (non-hydrogen) atoms. The molecule has 1 unspecified atom stereocenters. The zero-order valence-corrected chi connectivity index (χ0v) is 10.3. The van der Waals surface area contributed by atoms with Crippen molar-refractivity contribution in [3.05, 3.63) is 28.8 Å². The highest BCUT2D eigenvalue weighted by molar-refractivity contribution is 7.18. The number of fused-ring (bicyclic) bond motifs is 1. The average Bonchev–Trinajstić information content (AvgIpc) is 2.88. The van der Waals surface area contributed by atoms with Crippen molar-refractivity contribution in [1.82, 2.24) is 10.3 Å². The van der Waals surface area contributed by atoms with Gasteiger partial charge >= 0.3 is 0 Å². The van der Waals surface area contributed by atoms with Crippen molar-refractivity contribution in [3.8, 4) is 0 Å². The molecule has 1 aromatic carbocycles. The van der Waals surface area contributed by atoms with Gasteiger partial charge in [0.25, 0.3) is 0 Å². The van der Waals surface area contributed by atoms with E-state index in [1.807, 2.05) is 11.3 Å². The number of aromatic nitrogens is 1. The van der Waals surface area contributed by atoms with Crippen molar-refractivity contribution in [2.45, 2.75) is 19.8 Å². The number of hydrogen-bond donors (Lipinski definition) is 1. The first-order chi connectivity index (χ1) is 7.83. The van der Waals surface area contributed by atoms with E-state index in [4.69, 9.17) is 4.98 Å². The number of para-hydroxylation sites is 1. The Morgan fingerprint density at radius 2 is 2.44 bits per heavy atom. The molecule has 1 atom stereocenters. The van der Waals surface area contributed by atoms with Crippen molar-refractivity contribution in [1.29, 1.82) is 0 Å². The second-order valence-corrected chi connectivity index (χ2v) is 5.71. The van der Waals surface area contributed by atoms with Crippen LogP contribution in [-0.4, -0.2) is 18.1 Å². The SMILES string of the molecule is Cc1cccc2sc(CC3CCNC3)nc12. The minimum absolute atomic E-state index is 0.792. The quantitative estimate of drug-likeness (QED) is 0.861. The molecule has 0 radical (unpaired) electrons. The monoisotopic (exact) mass is 232 g/mol. The van der Waals surface area contributed by atoms with Gasteiger partial charge in [0.2, 0.25) is 0 Å². The summed E-state index contributed by atoms with van der Waals surface area (Å²) in [7, 11) is 0. The maximum Gasteiger partial charge on any atom is 0.0942 e. The van der Waals surface area contributed by atoms with E-state index in [1.54, 1.807) is 0 Å². The van der Waals surface area contributed by atoms with Gasteiger partial charge in [-0.15, -0.1) is 11.3 Å². The molecule has 0 bridgehead atoms. The molecule has 2 heterocycles. The van der Waals surface area contributed by atoms with Crippen LogP contribution in [0, 0.1) is 12.8 Å². The lowest BCUT2D eigenvalue weighted by Crippen LogP contribution is -2.10. The van der Waals surface area contributed by atoms with E-state index >= 15 is 0 Å². The fraction of sp³-hybridized carbons (Fsp3) is 0.462. The number of rotatable bonds is 2. The normalized spacial score (nSPS) is 20.7. The number of hydrogen-bond acceptors (Lipinski definition) is 3. The van der Waals surface area contributed by atoms with Gasteiger partial charge < -0.3 is 5.32 Å². The Kier molecular flexibility index (Phi) is 2.65. The molecule has 2 aromatic rings. The largest absolute Gasteiger partial charge is 0.316 e. The molecule has 1 N–H and O–H groups in total. The molecule has 0 saturated carbocycles. The summed E-state index contributed by atoms with van der Waals surface area (Å²) in [6.07, 6.45) is 2.45. The Bertz CT molecular complexity index is 498. The predicted molar refractivity (Wildman–Crippen MR) is 69.0 cm³/mol. The summed E-state index contributed by atoms with van der Waals surface area (Å²) in [5.41, 5.74) is 2.50. The third kappa shape index (κ3) is 1.85. The molecule has 84 valence electrons. The summed E-state index contributed by atoms with van der Waals surface area (Å²) < 4.78 is 1.33. The minimum Gasteiger partial charge on any atom is -0.316 e. The molecule has 0 spiro atoms. The molecule has 3 heteroatoms. The third-order valence-electron chi connectivity index (χ3n) is 3.29. The first kappa shape index (κ1) is 10.2. The van der Waals surface area contributed by atoms with Crippen molar-refractivity contribution < 1.29 is 0 Å². The van der Waals surface area contributed by atoms with Gasteiger partial charge in [-0.2, -0.15) is 0 Å². The number of aryl methyl sites for hydroxylation is 1. The molecule has 0 aliphatic carbocycles. The van der Waals surface area contributed by atoms with Crippen molar-refractivity contribution in [3.63, 3.8) is 0 Å². The molecule has 3 rings (SSSR count). The molecular formula is C13H16N2S. The number of thiazole rings is 1. The van der Waals surface area contributed by atoms with Crippen LogP contribution in [0.2, 0.25) is 0 Å². The smallest absolute Gasteiger partial charge is 0.0942 e. The summed E-state index contributed by atoms with van der Waals surface area (Å²) in [5.74, 6) is 0.792. The van der Waals surface area contributed by atoms with Gasteiger partial charge in [-0.05, 0) is 44.0 Å². The Balaban J connectivity index is 1.90. The number of benzene rings is 1. The first-order valence-corrected chi connectivity index (χ1v) is 6.70. The lowest BCUT2D eigenvalue weighted by Gasteiger charge is -2.03. The zero-order valence-electron chi connectivity index (χ0n) is 9.49. The molecule has 1 aromatic heterocycles. The van der Waals surface area contributed by atoms with Gasteiger partial charge in [0.1, 0.15) is 0 Å². The van der Waals surface area contributed by atoms with E-state index in [0.29, 0.717) is 0 Å². The predicted octanol–water partition coefficient (Wildman–Crippen LogP) is 2.76. The van der Waals surface area contributed by atoms with Crippen LogP contribution in [0.25, 0.3) is 10.2 Å². The van der Waals surface area contributed by atoms with Crippen LogP contribution in [0.3, 0.4) is 0 Å². The maximum absolute atomic E-state index is 4.77. The van der Waals surface area contributed by atoms with Crippen LogP contribution in [0.5, 0.6) is 0 Å². The fourth-order valence-electron chi connectivity index (χ4n) is 2.36. The van der Waals surface area contributed by atoms with Crippen LogP contribution in [0.1, 0.15) is 17.0 Å². The molecule has 1 aliphatic heterocycles. The van der Waals surface area contributed by atoms with Crippen LogP contribution in [0.4, 0.5) is 0 Å². The summed E-state index contributed by atoms with van der Waals surface area (Å²) >= 11 is 1.86. The van der Waals surface area contributed by atoms with Gasteiger partial charge in [0.05, 0.1) is 15.2 Å². The van der Waals surface area contributed by atoms with Crippen LogP contribution in [-0.2, 0) is 6.42 Å². The maximum atomic E-state index is 4.77.